The van der Waals surface area contributed by atoms with Gasteiger partial charge in [-0.3, -0.25) is 9.59 Å². The zero-order valence-corrected chi connectivity index (χ0v) is 28.9. The summed E-state index contributed by atoms with van der Waals surface area (Å²) in [5.41, 5.74) is 3.58. The van der Waals surface area contributed by atoms with Gasteiger partial charge in [0.25, 0.3) is 0 Å². The molecular weight excluding hydrogens is 631 g/mol. The fraction of sp³-hybridized carbons (Fsp3) is 0.412. The maximum Gasteiger partial charge on any atom is 1.00 e. The van der Waals surface area contributed by atoms with Crippen molar-refractivity contribution in [3.63, 3.8) is 0 Å². The number of carboxylic acid groups (broad SMARTS) is 1. The Morgan fingerprint density at radius 3 is 1.51 bits per heavy atom. The van der Waals surface area contributed by atoms with Crippen molar-refractivity contribution in [1.82, 2.24) is 9.80 Å². The summed E-state index contributed by atoms with van der Waals surface area (Å²) in [6, 6.07) is 9.94. The number of nitrogens with zero attached hydrogens (tertiary/aromatic N) is 4. The summed E-state index contributed by atoms with van der Waals surface area (Å²) in [5, 5.41) is 10.1. The Labute approximate surface area is 295 Å². The Kier molecular flexibility index (Phi) is 14.6. The molecule has 6 rings (SSSR count). The number of benzene rings is 2. The predicted octanol–water partition coefficient (Wildman–Crippen LogP) is -0.416. The first-order valence-corrected chi connectivity index (χ1v) is 15.4. The van der Waals surface area contributed by atoms with Gasteiger partial charge in [0, 0.05) is 64.5 Å². The molecule has 0 atom stereocenters. The molecule has 260 valence electrons. The second-order valence-electron chi connectivity index (χ2n) is 11.8. The van der Waals surface area contributed by atoms with Gasteiger partial charge in [0.1, 0.15) is 0 Å². The van der Waals surface area contributed by atoms with Crippen LogP contribution in [0.25, 0.3) is 21.9 Å². The number of hydrogen-bond acceptors (Lipinski definition) is 12. The zero-order valence-electron chi connectivity index (χ0n) is 28.9. The van der Waals surface area contributed by atoms with Crippen molar-refractivity contribution in [3.05, 3.63) is 79.5 Å². The molecule has 2 saturated heterocycles. The van der Waals surface area contributed by atoms with Gasteiger partial charge in [-0.2, -0.15) is 0 Å². The van der Waals surface area contributed by atoms with Gasteiger partial charge < -0.3 is 49.2 Å². The van der Waals surface area contributed by atoms with Crippen molar-refractivity contribution in [2.75, 3.05) is 82.9 Å². The second-order valence-corrected chi connectivity index (χ2v) is 11.8. The zero-order chi connectivity index (χ0) is 33.1. The molecule has 0 saturated carbocycles. The number of aryl methyl sites for hydroxylation is 2. The van der Waals surface area contributed by atoms with E-state index in [1.54, 1.807) is 6.92 Å². The van der Waals surface area contributed by atoms with E-state index in [1.165, 1.54) is 6.07 Å². The summed E-state index contributed by atoms with van der Waals surface area (Å²) >= 11 is 0. The van der Waals surface area contributed by atoms with Gasteiger partial charge in [-0.25, -0.2) is 9.59 Å². The Hall–Kier alpha value is -4.16. The molecule has 0 aliphatic carbocycles. The van der Waals surface area contributed by atoms with Crippen LogP contribution in [0.1, 0.15) is 39.2 Å². The van der Waals surface area contributed by atoms with E-state index in [2.05, 4.69) is 33.7 Å². The van der Waals surface area contributed by atoms with Crippen LogP contribution in [0.2, 0.25) is 0 Å². The van der Waals surface area contributed by atoms with Gasteiger partial charge in [-0.05, 0) is 58.1 Å². The first-order chi connectivity index (χ1) is 22.0. The number of carbonyl (C=O) groups is 2. The summed E-state index contributed by atoms with van der Waals surface area (Å²) in [6.45, 7) is 12.7. The molecule has 2 fully saturated rings. The van der Waals surface area contributed by atoms with E-state index < -0.39 is 11.9 Å². The van der Waals surface area contributed by atoms with E-state index in [0.717, 1.165) is 80.9 Å². The normalized spacial score (nSPS) is 15.0. The van der Waals surface area contributed by atoms with Gasteiger partial charge in [0.2, 0.25) is 11.5 Å². The third-order valence-corrected chi connectivity index (χ3v) is 8.51. The Morgan fingerprint density at radius 2 is 1.12 bits per heavy atom. The summed E-state index contributed by atoms with van der Waals surface area (Å²) in [6.07, 6.45) is 0. The number of fused-ring (bicyclic) bond motifs is 2. The number of esters is 1. The number of hydrogen-bond donors (Lipinski definition) is 1. The molecule has 15 heteroatoms. The predicted molar refractivity (Wildman–Crippen MR) is 182 cm³/mol. The Morgan fingerprint density at radius 1 is 0.735 bits per heavy atom. The minimum Gasteiger partial charge on any atom is -0.870 e. The second kappa shape index (κ2) is 17.5. The van der Waals surface area contributed by atoms with Gasteiger partial charge >= 0.3 is 30.8 Å². The molecule has 49 heavy (non-hydrogen) atoms. The van der Waals surface area contributed by atoms with Crippen LogP contribution in [-0.2, 0) is 4.74 Å². The van der Waals surface area contributed by atoms with Crippen LogP contribution in [0.3, 0.4) is 0 Å². The van der Waals surface area contributed by atoms with E-state index in [9.17, 15) is 19.2 Å². The fourth-order valence-electron chi connectivity index (χ4n) is 5.82. The smallest absolute Gasteiger partial charge is 0.870 e. The van der Waals surface area contributed by atoms with E-state index in [-0.39, 0.29) is 58.8 Å². The molecular formula is C34H43LiN4O10. The molecule has 0 bridgehead atoms. The number of rotatable bonds is 5. The summed E-state index contributed by atoms with van der Waals surface area (Å²) in [5.74, 6) is -2.21. The van der Waals surface area contributed by atoms with Gasteiger partial charge in [-0.15, -0.1) is 0 Å². The molecule has 0 radical (unpaired) electrons. The average molecular weight is 675 g/mol. The summed E-state index contributed by atoms with van der Waals surface area (Å²) < 4.78 is 16.3. The van der Waals surface area contributed by atoms with Crippen LogP contribution in [0.5, 0.6) is 0 Å². The maximum atomic E-state index is 12.5. The van der Waals surface area contributed by atoms with Gasteiger partial charge in [-0.1, -0.05) is 12.1 Å². The molecule has 4 N–H and O–H groups in total. The van der Waals surface area contributed by atoms with Crippen molar-refractivity contribution in [2.45, 2.75) is 20.8 Å². The van der Waals surface area contributed by atoms with Crippen LogP contribution >= 0.6 is 0 Å². The summed E-state index contributed by atoms with van der Waals surface area (Å²) in [7, 11) is 4.15. The van der Waals surface area contributed by atoms with E-state index >= 15 is 0 Å². The molecule has 2 aliphatic heterocycles. The molecule has 0 spiro atoms. The molecule has 0 amide bonds. The van der Waals surface area contributed by atoms with Crippen LogP contribution in [-0.4, -0.2) is 111 Å². The molecule has 4 heterocycles. The number of carbonyl (C=O) groups excluding carboxylic acids is 1. The molecule has 0 unspecified atom stereocenters. The SMILES string of the molecule is CCOC(=O)c1cc(=O)c2c(C)ccc(N3CCN(C)CC3)c2o1.Cc1ccc(N2CCN(C)CC2)c2oc(C(=O)O)cc(=O)c12.O.[Li+].[OH-]. The van der Waals surface area contributed by atoms with Crippen molar-refractivity contribution < 1.29 is 58.1 Å². The quantitative estimate of drug-likeness (QED) is 0.212. The molecule has 2 aromatic carbocycles. The molecule has 4 aromatic rings. The van der Waals surface area contributed by atoms with Crippen molar-refractivity contribution in [3.8, 4) is 0 Å². The van der Waals surface area contributed by atoms with Crippen molar-refractivity contribution in [2.24, 2.45) is 0 Å². The number of carboxylic acids is 1. The van der Waals surface area contributed by atoms with Crippen LogP contribution in [0.4, 0.5) is 11.4 Å². The third kappa shape index (κ3) is 8.90. The molecule has 2 aromatic heterocycles. The molecule has 2 aliphatic rings. The number of piperazine rings is 2. The average Bonchev–Trinajstić information content (AvgIpc) is 3.02. The van der Waals surface area contributed by atoms with Crippen LogP contribution < -0.4 is 39.5 Å². The largest absolute Gasteiger partial charge is 1.00 e. The first-order valence-electron chi connectivity index (χ1n) is 15.4. The Bertz CT molecular complexity index is 1890. The maximum absolute atomic E-state index is 12.5. The fourth-order valence-corrected chi connectivity index (χ4v) is 5.82. The van der Waals surface area contributed by atoms with E-state index in [0.29, 0.717) is 21.9 Å². The standard InChI is InChI=1S/C18H22N2O4.C16H18N2O4.Li.2H2O/c1-4-23-18(22)15-11-14(21)16-12(2)5-6-13(17(16)24-15)20-9-7-19(3)8-10-20;1-10-3-4-11(18-7-5-17(2)6-8-18)15-14(10)12(19)9-13(22-15)16(20)21;;;/h5-6,11H,4,7-10H2,1-3H3;3-4,9H,5-8H2,1-2H3,(H,20,21);;2*1H2/q;;+1;;/p-1. The molecule has 14 nitrogen and oxygen atoms in total. The minimum atomic E-state index is -1.23. The number of likely N-dealkylation sites (N-methyl/N-ethyl adjacent to an activating group) is 2. The number of ether oxygens (including phenoxy) is 1. The van der Waals surface area contributed by atoms with Crippen LogP contribution in [0, 0.1) is 13.8 Å². The third-order valence-electron chi connectivity index (χ3n) is 8.51. The van der Waals surface area contributed by atoms with Gasteiger partial charge in [0.15, 0.2) is 22.0 Å². The van der Waals surface area contributed by atoms with Crippen molar-refractivity contribution in [1.29, 1.82) is 0 Å². The van der Waals surface area contributed by atoms with Crippen LogP contribution in [0.15, 0.2) is 54.8 Å². The number of anilines is 2. The van der Waals surface area contributed by atoms with Gasteiger partial charge in [0.05, 0.1) is 28.8 Å². The topological polar surface area (TPSA) is 198 Å². The van der Waals surface area contributed by atoms with E-state index in [1.807, 2.05) is 38.1 Å². The first kappa shape index (κ1) is 41.0. The minimum absolute atomic E-state index is 0. The monoisotopic (exact) mass is 674 g/mol. The van der Waals surface area contributed by atoms with E-state index in [4.69, 9.17) is 18.7 Å². The Balaban J connectivity index is 0.000000321. The summed E-state index contributed by atoms with van der Waals surface area (Å²) in [4.78, 5) is 56.7. The number of aromatic carboxylic acids is 1. The van der Waals surface area contributed by atoms with Crippen molar-refractivity contribution >= 4 is 45.3 Å².